The second-order valence-electron chi connectivity index (χ2n) is 7.80. The second kappa shape index (κ2) is 12.9. The van der Waals surface area contributed by atoms with Gasteiger partial charge in [-0.05, 0) is 64.1 Å². The SMILES string of the molecule is CC(C)N(C(=O)COC(=O)c1ccccc1OCC(=O)Nc1ccc(SC(F)F)cc1)C(C)C. The zero-order valence-corrected chi connectivity index (χ0v) is 20.2. The van der Waals surface area contributed by atoms with E-state index in [9.17, 15) is 23.2 Å². The van der Waals surface area contributed by atoms with E-state index < -0.39 is 30.8 Å². The zero-order chi connectivity index (χ0) is 25.3. The Hall–Kier alpha value is -3.14. The van der Waals surface area contributed by atoms with Crippen LogP contribution in [0.4, 0.5) is 14.5 Å². The quantitative estimate of drug-likeness (QED) is 0.356. The number of alkyl halides is 2. The Morgan fingerprint density at radius 3 is 2.15 bits per heavy atom. The minimum absolute atomic E-state index is 0.0420. The Morgan fingerprint density at radius 1 is 0.941 bits per heavy atom. The number of esters is 1. The van der Waals surface area contributed by atoms with Gasteiger partial charge in [-0.25, -0.2) is 4.79 Å². The van der Waals surface area contributed by atoms with Gasteiger partial charge >= 0.3 is 5.97 Å². The number of hydrogen-bond acceptors (Lipinski definition) is 6. The summed E-state index contributed by atoms with van der Waals surface area (Å²) in [6, 6.07) is 12.1. The summed E-state index contributed by atoms with van der Waals surface area (Å²) in [4.78, 5) is 39.2. The summed E-state index contributed by atoms with van der Waals surface area (Å²) in [5, 5.41) is 2.59. The molecule has 0 aromatic heterocycles. The van der Waals surface area contributed by atoms with E-state index in [1.54, 1.807) is 17.0 Å². The third kappa shape index (κ3) is 8.33. The number of thioether (sulfide) groups is 1. The average molecular weight is 495 g/mol. The average Bonchev–Trinajstić information content (AvgIpc) is 2.76. The van der Waals surface area contributed by atoms with Crippen LogP contribution in [0, 0.1) is 0 Å². The van der Waals surface area contributed by atoms with Crippen LogP contribution in [0.25, 0.3) is 0 Å². The molecule has 2 aromatic rings. The number of nitrogens with zero attached hydrogens (tertiary/aromatic N) is 1. The molecule has 34 heavy (non-hydrogen) atoms. The van der Waals surface area contributed by atoms with Crippen LogP contribution in [0.2, 0.25) is 0 Å². The van der Waals surface area contributed by atoms with Gasteiger partial charge in [0.15, 0.2) is 13.2 Å². The van der Waals surface area contributed by atoms with Crippen LogP contribution < -0.4 is 10.1 Å². The third-order valence-electron chi connectivity index (χ3n) is 4.56. The van der Waals surface area contributed by atoms with Crippen molar-refractivity contribution in [1.82, 2.24) is 4.90 Å². The molecular formula is C24H28F2N2O5S. The number of nitrogens with one attached hydrogen (secondary N) is 1. The minimum Gasteiger partial charge on any atom is -0.483 e. The lowest BCUT2D eigenvalue weighted by molar-refractivity contribution is -0.138. The molecule has 0 spiro atoms. The number of para-hydroxylation sites is 1. The van der Waals surface area contributed by atoms with Gasteiger partial charge in [0, 0.05) is 22.7 Å². The first-order valence-electron chi connectivity index (χ1n) is 10.6. The Bertz CT molecular complexity index is 976. The Balaban J connectivity index is 1.93. The molecule has 0 unspecified atom stereocenters. The number of benzene rings is 2. The lowest BCUT2D eigenvalue weighted by atomic mass is 10.2. The predicted octanol–water partition coefficient (Wildman–Crippen LogP) is 4.82. The van der Waals surface area contributed by atoms with E-state index in [-0.39, 0.29) is 29.3 Å². The summed E-state index contributed by atoms with van der Waals surface area (Å²) >= 11 is 0.409. The molecule has 0 fully saturated rings. The number of amides is 2. The fourth-order valence-corrected chi connectivity index (χ4v) is 3.77. The first kappa shape index (κ1) is 27.1. The number of ether oxygens (including phenoxy) is 2. The molecule has 0 bridgehead atoms. The number of rotatable bonds is 11. The van der Waals surface area contributed by atoms with Gasteiger partial charge in [-0.3, -0.25) is 9.59 Å². The molecule has 2 rings (SSSR count). The van der Waals surface area contributed by atoms with Crippen molar-refractivity contribution in [2.75, 3.05) is 18.5 Å². The normalized spacial score (nSPS) is 11.0. The molecule has 10 heteroatoms. The molecule has 0 saturated carbocycles. The molecule has 0 aliphatic carbocycles. The minimum atomic E-state index is -2.52. The number of hydrogen-bond donors (Lipinski definition) is 1. The molecular weight excluding hydrogens is 466 g/mol. The summed E-state index contributed by atoms with van der Waals surface area (Å²) in [5.41, 5.74) is 0.496. The molecule has 184 valence electrons. The summed E-state index contributed by atoms with van der Waals surface area (Å²) in [6.07, 6.45) is 0. The molecule has 1 N–H and O–H groups in total. The maximum Gasteiger partial charge on any atom is 0.342 e. The van der Waals surface area contributed by atoms with Gasteiger partial charge < -0.3 is 19.7 Å². The van der Waals surface area contributed by atoms with Crippen molar-refractivity contribution < 1.29 is 32.6 Å². The Kier molecular flexibility index (Phi) is 10.3. The highest BCUT2D eigenvalue weighted by Gasteiger charge is 2.22. The number of carbonyl (C=O) groups is 3. The number of halogens is 2. The molecule has 0 aliphatic rings. The largest absolute Gasteiger partial charge is 0.483 e. The summed E-state index contributed by atoms with van der Waals surface area (Å²) in [5.74, 6) is -3.96. The van der Waals surface area contributed by atoms with Crippen molar-refractivity contribution >= 4 is 35.2 Å². The van der Waals surface area contributed by atoms with E-state index in [4.69, 9.17) is 9.47 Å². The van der Waals surface area contributed by atoms with E-state index in [1.165, 1.54) is 36.4 Å². The Morgan fingerprint density at radius 2 is 1.56 bits per heavy atom. The van der Waals surface area contributed by atoms with Crippen LogP contribution in [0.1, 0.15) is 38.1 Å². The van der Waals surface area contributed by atoms with Gasteiger partial charge in [0.2, 0.25) is 0 Å². The van der Waals surface area contributed by atoms with Crippen molar-refractivity contribution in [2.45, 2.75) is 50.4 Å². The van der Waals surface area contributed by atoms with Crippen LogP contribution in [0.3, 0.4) is 0 Å². The van der Waals surface area contributed by atoms with Crippen LogP contribution in [-0.2, 0) is 14.3 Å². The fraction of sp³-hybridized carbons (Fsp3) is 0.375. The topological polar surface area (TPSA) is 84.9 Å². The van der Waals surface area contributed by atoms with Gasteiger partial charge in [-0.2, -0.15) is 8.78 Å². The van der Waals surface area contributed by atoms with Crippen LogP contribution in [0.5, 0.6) is 5.75 Å². The molecule has 2 amide bonds. The van der Waals surface area contributed by atoms with Crippen LogP contribution >= 0.6 is 11.8 Å². The van der Waals surface area contributed by atoms with E-state index in [1.807, 2.05) is 27.7 Å². The molecule has 0 saturated heterocycles. The molecule has 0 aliphatic heterocycles. The van der Waals surface area contributed by atoms with Gasteiger partial charge in [0.1, 0.15) is 11.3 Å². The van der Waals surface area contributed by atoms with Gasteiger partial charge in [-0.1, -0.05) is 23.9 Å². The lowest BCUT2D eigenvalue weighted by Gasteiger charge is -2.30. The summed E-state index contributed by atoms with van der Waals surface area (Å²) in [7, 11) is 0. The van der Waals surface area contributed by atoms with Gasteiger partial charge in [-0.15, -0.1) is 0 Å². The maximum atomic E-state index is 12.5. The van der Waals surface area contributed by atoms with Gasteiger partial charge in [0.05, 0.1) is 0 Å². The van der Waals surface area contributed by atoms with Crippen molar-refractivity contribution in [3.05, 3.63) is 54.1 Å². The molecule has 7 nitrogen and oxygen atoms in total. The highest BCUT2D eigenvalue weighted by Crippen LogP contribution is 2.26. The highest BCUT2D eigenvalue weighted by molar-refractivity contribution is 7.99. The molecule has 2 aromatic carbocycles. The first-order chi connectivity index (χ1) is 16.1. The van der Waals surface area contributed by atoms with Crippen LogP contribution in [0.15, 0.2) is 53.4 Å². The van der Waals surface area contributed by atoms with E-state index in [0.29, 0.717) is 22.3 Å². The van der Waals surface area contributed by atoms with Crippen molar-refractivity contribution in [3.63, 3.8) is 0 Å². The number of carbonyl (C=O) groups excluding carboxylic acids is 3. The molecule has 0 heterocycles. The third-order valence-corrected chi connectivity index (χ3v) is 5.28. The van der Waals surface area contributed by atoms with Crippen LogP contribution in [-0.4, -0.2) is 53.7 Å². The lowest BCUT2D eigenvalue weighted by Crippen LogP contribution is -2.44. The molecule has 0 radical (unpaired) electrons. The second-order valence-corrected chi connectivity index (χ2v) is 8.86. The zero-order valence-electron chi connectivity index (χ0n) is 19.4. The molecule has 0 atom stereocenters. The fourth-order valence-electron chi connectivity index (χ4n) is 3.27. The summed E-state index contributed by atoms with van der Waals surface area (Å²) in [6.45, 7) is 6.71. The standard InChI is InChI=1S/C24H28F2N2O5S/c1-15(2)28(16(3)4)22(30)14-33-23(31)19-7-5-6-8-20(19)32-13-21(29)27-17-9-11-18(12-10-17)34-24(25)26/h5-12,15-16,24H,13-14H2,1-4H3,(H,27,29). The predicted molar refractivity (Wildman–Crippen MR) is 126 cm³/mol. The van der Waals surface area contributed by atoms with Gasteiger partial charge in [0.25, 0.3) is 17.6 Å². The maximum absolute atomic E-state index is 12.5. The van der Waals surface area contributed by atoms with E-state index in [2.05, 4.69) is 5.32 Å². The summed E-state index contributed by atoms with van der Waals surface area (Å²) < 4.78 is 35.5. The monoisotopic (exact) mass is 494 g/mol. The van der Waals surface area contributed by atoms with E-state index in [0.717, 1.165) is 0 Å². The van der Waals surface area contributed by atoms with Crippen molar-refractivity contribution in [1.29, 1.82) is 0 Å². The van der Waals surface area contributed by atoms with Crippen molar-refractivity contribution in [2.24, 2.45) is 0 Å². The number of anilines is 1. The first-order valence-corrected chi connectivity index (χ1v) is 11.5. The smallest absolute Gasteiger partial charge is 0.342 e. The van der Waals surface area contributed by atoms with E-state index >= 15 is 0 Å². The van der Waals surface area contributed by atoms with Crippen molar-refractivity contribution in [3.8, 4) is 5.75 Å². The Labute approximate surface area is 201 Å². The highest BCUT2D eigenvalue weighted by atomic mass is 32.2.